The lowest BCUT2D eigenvalue weighted by atomic mass is 9.88. The van der Waals surface area contributed by atoms with Crippen molar-refractivity contribution in [2.45, 2.75) is 77.3 Å². The minimum Gasteiger partial charge on any atom is -0.481 e. The summed E-state index contributed by atoms with van der Waals surface area (Å²) in [4.78, 5) is 37.6. The lowest BCUT2D eigenvalue weighted by molar-refractivity contribution is -0.147. The third kappa shape index (κ3) is 4.95. The summed E-state index contributed by atoms with van der Waals surface area (Å²) in [6, 6.07) is -0.154. The highest BCUT2D eigenvalue weighted by molar-refractivity contribution is 5.82. The van der Waals surface area contributed by atoms with Gasteiger partial charge in [-0.3, -0.25) is 14.4 Å². The summed E-state index contributed by atoms with van der Waals surface area (Å²) in [6.07, 6.45) is 6.86. The van der Waals surface area contributed by atoms with E-state index < -0.39 is 11.9 Å². The average molecular weight is 338 g/mol. The van der Waals surface area contributed by atoms with Crippen LogP contribution >= 0.6 is 0 Å². The van der Waals surface area contributed by atoms with E-state index >= 15 is 0 Å². The minimum atomic E-state index is -0.835. The number of carboxylic acids is 1. The summed E-state index contributed by atoms with van der Waals surface area (Å²) in [7, 11) is 0. The highest BCUT2D eigenvalue weighted by Crippen LogP contribution is 2.25. The van der Waals surface area contributed by atoms with Gasteiger partial charge in [-0.25, -0.2) is 0 Å². The number of nitrogens with one attached hydrogen (secondary N) is 1. The van der Waals surface area contributed by atoms with E-state index in [1.54, 1.807) is 4.90 Å². The highest BCUT2D eigenvalue weighted by atomic mass is 16.4. The Kier molecular flexibility index (Phi) is 6.63. The van der Waals surface area contributed by atoms with Gasteiger partial charge in [0.15, 0.2) is 0 Å². The molecular formula is C18H30N2O4. The van der Waals surface area contributed by atoms with Gasteiger partial charge in [-0.15, -0.1) is 0 Å². The van der Waals surface area contributed by atoms with Crippen molar-refractivity contribution in [1.29, 1.82) is 0 Å². The molecule has 1 saturated carbocycles. The van der Waals surface area contributed by atoms with Crippen LogP contribution in [0.4, 0.5) is 0 Å². The van der Waals surface area contributed by atoms with E-state index in [1.807, 2.05) is 13.8 Å². The first kappa shape index (κ1) is 18.7. The lowest BCUT2D eigenvalue weighted by Gasteiger charge is -2.37. The quantitative estimate of drug-likeness (QED) is 0.804. The fourth-order valence-electron chi connectivity index (χ4n) is 3.81. The lowest BCUT2D eigenvalue weighted by Crippen LogP contribution is -2.49. The van der Waals surface area contributed by atoms with Gasteiger partial charge in [-0.2, -0.15) is 0 Å². The number of hydrogen-bond donors (Lipinski definition) is 2. The van der Waals surface area contributed by atoms with Crippen LogP contribution in [0, 0.1) is 11.8 Å². The molecule has 24 heavy (non-hydrogen) atoms. The fraction of sp³-hybridized carbons (Fsp3) is 0.833. The molecule has 0 aromatic rings. The van der Waals surface area contributed by atoms with Crippen LogP contribution in [0.25, 0.3) is 0 Å². The first-order valence-electron chi connectivity index (χ1n) is 9.21. The van der Waals surface area contributed by atoms with Crippen LogP contribution in [0.3, 0.4) is 0 Å². The number of piperidine rings is 1. The van der Waals surface area contributed by atoms with Crippen molar-refractivity contribution in [2.75, 3.05) is 6.54 Å². The van der Waals surface area contributed by atoms with Gasteiger partial charge in [0, 0.05) is 31.0 Å². The van der Waals surface area contributed by atoms with E-state index in [9.17, 15) is 19.5 Å². The standard InChI is InChI=1S/C18H30N2O4/c1-12(19-17(22)14-6-4-3-5-7-14)10-16(21)20-11-15(18(23)24)9-8-13(20)2/h12-15H,3-11H2,1-2H3,(H,19,22)(H,23,24). The summed E-state index contributed by atoms with van der Waals surface area (Å²) in [6.45, 7) is 4.09. The molecule has 2 N–H and O–H groups in total. The summed E-state index contributed by atoms with van der Waals surface area (Å²) < 4.78 is 0. The Morgan fingerprint density at radius 1 is 1.08 bits per heavy atom. The van der Waals surface area contributed by atoms with Crippen LogP contribution in [-0.4, -0.2) is 46.4 Å². The van der Waals surface area contributed by atoms with E-state index in [0.717, 1.165) is 25.7 Å². The number of amides is 2. The molecule has 2 amide bonds. The Bertz CT molecular complexity index is 474. The maximum Gasteiger partial charge on any atom is 0.308 e. The summed E-state index contributed by atoms with van der Waals surface area (Å²) in [5, 5.41) is 12.1. The molecule has 6 heteroatoms. The summed E-state index contributed by atoms with van der Waals surface area (Å²) in [5.41, 5.74) is 0. The molecule has 2 aliphatic rings. The van der Waals surface area contributed by atoms with Crippen LogP contribution in [0.2, 0.25) is 0 Å². The first-order valence-corrected chi connectivity index (χ1v) is 9.21. The van der Waals surface area contributed by atoms with Gasteiger partial charge in [-0.1, -0.05) is 19.3 Å². The third-order valence-corrected chi connectivity index (χ3v) is 5.40. The predicted octanol–water partition coefficient (Wildman–Crippen LogP) is 2.17. The molecule has 3 unspecified atom stereocenters. The van der Waals surface area contributed by atoms with E-state index in [2.05, 4.69) is 5.32 Å². The first-order chi connectivity index (χ1) is 11.4. The van der Waals surface area contributed by atoms with Gasteiger partial charge < -0.3 is 15.3 Å². The topological polar surface area (TPSA) is 86.7 Å². The predicted molar refractivity (Wildman–Crippen MR) is 90.3 cm³/mol. The monoisotopic (exact) mass is 338 g/mol. The third-order valence-electron chi connectivity index (χ3n) is 5.40. The minimum absolute atomic E-state index is 0.0603. The Labute approximate surface area is 144 Å². The number of carbonyl (C=O) groups excluding carboxylic acids is 2. The molecule has 0 bridgehead atoms. The van der Waals surface area contributed by atoms with Crippen molar-refractivity contribution in [1.82, 2.24) is 10.2 Å². The number of hydrogen-bond acceptors (Lipinski definition) is 3. The normalized spacial score (nSPS) is 26.7. The summed E-state index contributed by atoms with van der Waals surface area (Å²) in [5.74, 6) is -1.23. The summed E-state index contributed by atoms with van der Waals surface area (Å²) >= 11 is 0. The molecule has 6 nitrogen and oxygen atoms in total. The molecule has 1 aliphatic heterocycles. The molecule has 1 aliphatic carbocycles. The molecule has 1 saturated heterocycles. The SMILES string of the molecule is CC(CC(=O)N1CC(C(=O)O)CCC1C)NC(=O)C1CCCCC1. The maximum absolute atomic E-state index is 12.5. The van der Waals surface area contributed by atoms with Crippen LogP contribution < -0.4 is 5.32 Å². The van der Waals surface area contributed by atoms with Crippen LogP contribution in [0.15, 0.2) is 0 Å². The van der Waals surface area contributed by atoms with Crippen molar-refractivity contribution in [3.63, 3.8) is 0 Å². The van der Waals surface area contributed by atoms with E-state index in [-0.39, 0.29) is 42.8 Å². The van der Waals surface area contributed by atoms with Crippen molar-refractivity contribution in [3.05, 3.63) is 0 Å². The second-order valence-corrected chi connectivity index (χ2v) is 7.46. The molecule has 0 aromatic carbocycles. The largest absolute Gasteiger partial charge is 0.481 e. The van der Waals surface area contributed by atoms with Gasteiger partial charge >= 0.3 is 5.97 Å². The van der Waals surface area contributed by atoms with E-state index in [4.69, 9.17) is 0 Å². The Hall–Kier alpha value is -1.59. The average Bonchev–Trinajstić information content (AvgIpc) is 2.55. The molecule has 0 aromatic heterocycles. The van der Waals surface area contributed by atoms with Gasteiger partial charge in [0.1, 0.15) is 0 Å². The molecular weight excluding hydrogens is 308 g/mol. The van der Waals surface area contributed by atoms with Crippen molar-refractivity contribution in [2.24, 2.45) is 11.8 Å². The molecule has 1 heterocycles. The molecule has 136 valence electrons. The molecule has 0 spiro atoms. The zero-order chi connectivity index (χ0) is 17.7. The number of carboxylic acid groups (broad SMARTS) is 1. The second-order valence-electron chi connectivity index (χ2n) is 7.46. The number of rotatable bonds is 5. The van der Waals surface area contributed by atoms with Crippen molar-refractivity contribution < 1.29 is 19.5 Å². The van der Waals surface area contributed by atoms with Crippen LogP contribution in [0.1, 0.15) is 65.2 Å². The van der Waals surface area contributed by atoms with Gasteiger partial charge in [-0.05, 0) is 39.5 Å². The molecule has 0 radical (unpaired) electrons. The van der Waals surface area contributed by atoms with E-state index in [1.165, 1.54) is 6.42 Å². The number of carbonyl (C=O) groups is 3. The van der Waals surface area contributed by atoms with Crippen LogP contribution in [-0.2, 0) is 14.4 Å². The number of likely N-dealkylation sites (tertiary alicyclic amines) is 1. The molecule has 2 rings (SSSR count). The fourth-order valence-corrected chi connectivity index (χ4v) is 3.81. The number of nitrogens with zero attached hydrogens (tertiary/aromatic N) is 1. The second kappa shape index (κ2) is 8.49. The van der Waals surface area contributed by atoms with E-state index in [0.29, 0.717) is 12.8 Å². The van der Waals surface area contributed by atoms with Crippen molar-refractivity contribution in [3.8, 4) is 0 Å². The maximum atomic E-state index is 12.5. The van der Waals surface area contributed by atoms with Gasteiger partial charge in [0.25, 0.3) is 0 Å². The smallest absolute Gasteiger partial charge is 0.308 e. The highest BCUT2D eigenvalue weighted by Gasteiger charge is 2.33. The van der Waals surface area contributed by atoms with Crippen LogP contribution in [0.5, 0.6) is 0 Å². The Balaban J connectivity index is 1.83. The zero-order valence-corrected chi connectivity index (χ0v) is 14.8. The van der Waals surface area contributed by atoms with Gasteiger partial charge in [0.2, 0.25) is 11.8 Å². The molecule has 2 fully saturated rings. The van der Waals surface area contributed by atoms with Crippen molar-refractivity contribution >= 4 is 17.8 Å². The Morgan fingerprint density at radius 2 is 1.75 bits per heavy atom. The molecule has 3 atom stereocenters. The van der Waals surface area contributed by atoms with Gasteiger partial charge in [0.05, 0.1) is 5.92 Å². The Morgan fingerprint density at radius 3 is 2.38 bits per heavy atom. The zero-order valence-electron chi connectivity index (χ0n) is 14.8. The number of aliphatic carboxylic acids is 1.